The van der Waals surface area contributed by atoms with Crippen LogP contribution in [-0.4, -0.2) is 33.6 Å². The Morgan fingerprint density at radius 1 is 1.00 bits per heavy atom. The van der Waals surface area contributed by atoms with Crippen LogP contribution in [0.4, 0.5) is 0 Å². The van der Waals surface area contributed by atoms with E-state index in [1.807, 2.05) is 0 Å². The van der Waals surface area contributed by atoms with Gasteiger partial charge in [-0.25, -0.2) is 0 Å². The van der Waals surface area contributed by atoms with Crippen molar-refractivity contribution in [2.75, 3.05) is 6.61 Å². The van der Waals surface area contributed by atoms with Gasteiger partial charge in [0.25, 0.3) is 0 Å². The summed E-state index contributed by atoms with van der Waals surface area (Å²) in [5, 5.41) is 31.3. The zero-order valence-electron chi connectivity index (χ0n) is 15.4. The summed E-state index contributed by atoms with van der Waals surface area (Å²) in [7, 11) is 0. The molecule has 0 heterocycles. The molecule has 0 aliphatic heterocycles. The van der Waals surface area contributed by atoms with Crippen LogP contribution in [0.2, 0.25) is 0 Å². The zero-order chi connectivity index (χ0) is 17.1. The Bertz CT molecular complexity index is 462. The zero-order valence-corrected chi connectivity index (χ0v) is 15.4. The Morgan fingerprint density at radius 3 is 2.35 bits per heavy atom. The third-order valence-corrected chi connectivity index (χ3v) is 8.57. The highest BCUT2D eigenvalue weighted by molar-refractivity contribution is 5.13. The number of aliphatic hydroxyl groups is 3. The van der Waals surface area contributed by atoms with Crippen LogP contribution in [0.25, 0.3) is 0 Å². The first kappa shape index (κ1) is 17.7. The van der Waals surface area contributed by atoms with Gasteiger partial charge >= 0.3 is 0 Å². The minimum atomic E-state index is -0.615. The van der Waals surface area contributed by atoms with Gasteiger partial charge in [0.1, 0.15) is 0 Å². The molecular formula is C20H36O3. The normalized spacial score (nSPS) is 50.7. The van der Waals surface area contributed by atoms with E-state index in [9.17, 15) is 15.3 Å². The largest absolute Gasteiger partial charge is 0.394 e. The van der Waals surface area contributed by atoms with E-state index in [-0.39, 0.29) is 22.9 Å². The van der Waals surface area contributed by atoms with Gasteiger partial charge in [-0.2, -0.15) is 0 Å². The van der Waals surface area contributed by atoms with Gasteiger partial charge in [0.2, 0.25) is 0 Å². The summed E-state index contributed by atoms with van der Waals surface area (Å²) in [6, 6.07) is 0. The molecule has 3 fully saturated rings. The van der Waals surface area contributed by atoms with Crippen molar-refractivity contribution in [2.24, 2.45) is 28.1 Å². The number of rotatable bonds is 2. The van der Waals surface area contributed by atoms with Gasteiger partial charge in [-0.05, 0) is 73.0 Å². The Balaban J connectivity index is 1.89. The van der Waals surface area contributed by atoms with E-state index in [0.717, 1.165) is 44.9 Å². The lowest BCUT2D eigenvalue weighted by atomic mass is 9.41. The van der Waals surface area contributed by atoms with E-state index in [1.165, 1.54) is 6.42 Å². The molecule has 3 rings (SSSR count). The molecule has 3 N–H and O–H groups in total. The molecule has 0 saturated heterocycles. The molecule has 0 spiro atoms. The molecule has 3 saturated carbocycles. The topological polar surface area (TPSA) is 60.7 Å². The van der Waals surface area contributed by atoms with Crippen molar-refractivity contribution in [3.8, 4) is 0 Å². The first-order valence-corrected chi connectivity index (χ1v) is 9.60. The highest BCUT2D eigenvalue weighted by Crippen LogP contribution is 2.66. The molecule has 3 aliphatic carbocycles. The Morgan fingerprint density at radius 2 is 1.70 bits per heavy atom. The second-order valence-corrected chi connectivity index (χ2v) is 10.1. The van der Waals surface area contributed by atoms with Crippen molar-refractivity contribution in [1.82, 2.24) is 0 Å². The van der Waals surface area contributed by atoms with E-state index in [0.29, 0.717) is 11.8 Å². The van der Waals surface area contributed by atoms with Gasteiger partial charge in [0, 0.05) is 0 Å². The molecule has 0 bridgehead atoms. The van der Waals surface area contributed by atoms with Crippen LogP contribution in [-0.2, 0) is 0 Å². The van der Waals surface area contributed by atoms with E-state index in [1.54, 1.807) is 0 Å². The van der Waals surface area contributed by atoms with Gasteiger partial charge < -0.3 is 15.3 Å². The second kappa shape index (κ2) is 5.44. The summed E-state index contributed by atoms with van der Waals surface area (Å²) in [4.78, 5) is 0. The van der Waals surface area contributed by atoms with Crippen LogP contribution in [0.1, 0.15) is 79.1 Å². The quantitative estimate of drug-likeness (QED) is 0.728. The van der Waals surface area contributed by atoms with Crippen LogP contribution in [0.3, 0.4) is 0 Å². The molecule has 0 unspecified atom stereocenters. The van der Waals surface area contributed by atoms with Crippen molar-refractivity contribution >= 4 is 0 Å². The van der Waals surface area contributed by atoms with Gasteiger partial charge in [-0.1, -0.05) is 34.1 Å². The molecule has 6 atom stereocenters. The predicted octanol–water partition coefficient (Wildman–Crippen LogP) is 3.50. The van der Waals surface area contributed by atoms with Gasteiger partial charge in [-0.3, -0.25) is 0 Å². The Labute approximate surface area is 141 Å². The molecule has 3 nitrogen and oxygen atoms in total. The molecular weight excluding hydrogens is 288 g/mol. The fourth-order valence-corrected chi connectivity index (χ4v) is 6.53. The second-order valence-electron chi connectivity index (χ2n) is 10.1. The van der Waals surface area contributed by atoms with E-state index in [2.05, 4.69) is 27.7 Å². The standard InChI is InChI=1S/C20H36O3/c1-17(2)8-5-6-15-19(4)11-10-18(3,16(22)13-21)12-14(19)7-9-20(15,17)23/h14-16,21-23H,5-13H2,1-4H3/t14-,15+,16+,18-,19-,20-/m0/s1. The molecule has 0 aromatic carbocycles. The number of hydrogen-bond acceptors (Lipinski definition) is 3. The summed E-state index contributed by atoms with van der Waals surface area (Å²) in [5.74, 6) is 0.940. The van der Waals surface area contributed by atoms with Crippen molar-refractivity contribution in [3.63, 3.8) is 0 Å². The van der Waals surface area contributed by atoms with Crippen LogP contribution in [0, 0.1) is 28.1 Å². The monoisotopic (exact) mass is 324 g/mol. The summed E-state index contributed by atoms with van der Waals surface area (Å²) in [6.07, 6.45) is 7.83. The van der Waals surface area contributed by atoms with Crippen molar-refractivity contribution in [2.45, 2.75) is 90.8 Å². The van der Waals surface area contributed by atoms with E-state index in [4.69, 9.17) is 0 Å². The van der Waals surface area contributed by atoms with Gasteiger partial charge in [0.05, 0.1) is 18.3 Å². The molecule has 0 radical (unpaired) electrons. The van der Waals surface area contributed by atoms with Crippen LogP contribution < -0.4 is 0 Å². The lowest BCUT2D eigenvalue weighted by Crippen LogP contribution is -2.64. The minimum Gasteiger partial charge on any atom is -0.394 e. The first-order chi connectivity index (χ1) is 10.6. The molecule has 23 heavy (non-hydrogen) atoms. The van der Waals surface area contributed by atoms with Crippen molar-refractivity contribution < 1.29 is 15.3 Å². The van der Waals surface area contributed by atoms with Crippen molar-refractivity contribution in [3.05, 3.63) is 0 Å². The predicted molar refractivity (Wildman–Crippen MR) is 92.0 cm³/mol. The smallest absolute Gasteiger partial charge is 0.0824 e. The summed E-state index contributed by atoms with van der Waals surface area (Å²) in [5.41, 5.74) is -0.507. The number of fused-ring (bicyclic) bond motifs is 3. The van der Waals surface area contributed by atoms with Crippen LogP contribution in [0.15, 0.2) is 0 Å². The summed E-state index contributed by atoms with van der Waals surface area (Å²) < 4.78 is 0. The van der Waals surface area contributed by atoms with Gasteiger partial charge in [0.15, 0.2) is 0 Å². The average Bonchev–Trinajstić information content (AvgIpc) is 2.49. The van der Waals surface area contributed by atoms with Crippen molar-refractivity contribution in [1.29, 1.82) is 0 Å². The molecule has 0 aromatic heterocycles. The Hall–Kier alpha value is -0.120. The van der Waals surface area contributed by atoms with E-state index >= 15 is 0 Å². The molecule has 134 valence electrons. The maximum atomic E-state index is 11.6. The minimum absolute atomic E-state index is 0.00919. The highest BCUT2D eigenvalue weighted by Gasteiger charge is 2.63. The maximum absolute atomic E-state index is 11.6. The van der Waals surface area contributed by atoms with Crippen LogP contribution >= 0.6 is 0 Å². The van der Waals surface area contributed by atoms with Crippen LogP contribution in [0.5, 0.6) is 0 Å². The van der Waals surface area contributed by atoms with E-state index < -0.39 is 11.7 Å². The third kappa shape index (κ3) is 2.41. The molecule has 3 aliphatic rings. The summed E-state index contributed by atoms with van der Waals surface area (Å²) >= 11 is 0. The summed E-state index contributed by atoms with van der Waals surface area (Å²) in [6.45, 7) is 8.91. The average molecular weight is 325 g/mol. The molecule has 0 aromatic rings. The fraction of sp³-hybridized carbons (Fsp3) is 1.00. The molecule has 0 amide bonds. The third-order valence-electron chi connectivity index (χ3n) is 8.57. The number of aliphatic hydroxyl groups excluding tert-OH is 2. The first-order valence-electron chi connectivity index (χ1n) is 9.60. The maximum Gasteiger partial charge on any atom is 0.0824 e. The lowest BCUT2D eigenvalue weighted by Gasteiger charge is -2.65. The Kier molecular flexibility index (Phi) is 4.18. The highest BCUT2D eigenvalue weighted by atomic mass is 16.3. The SMILES string of the molecule is CC1(C)CCC[C@@H]2[C@@]3(C)CC[C@](C)([C@H](O)CO)C[C@@H]3CC[C@]21O. The fourth-order valence-electron chi connectivity index (χ4n) is 6.53. The molecule has 3 heteroatoms. The lowest BCUT2D eigenvalue weighted by molar-refractivity contribution is -0.231. The number of hydrogen-bond donors (Lipinski definition) is 3. The van der Waals surface area contributed by atoms with Gasteiger partial charge in [-0.15, -0.1) is 0 Å².